The number of hydrogen-bond donors (Lipinski definition) is 1. The first kappa shape index (κ1) is 14.9. The number of hydrogen-bond acceptors (Lipinski definition) is 3. The second kappa shape index (κ2) is 7.34. The van der Waals surface area contributed by atoms with Crippen molar-refractivity contribution in [3.8, 4) is 0 Å². The summed E-state index contributed by atoms with van der Waals surface area (Å²) >= 11 is 0. The second-order valence-electron chi connectivity index (χ2n) is 6.04. The summed E-state index contributed by atoms with van der Waals surface area (Å²) in [6, 6.07) is 0.796. The minimum Gasteiger partial charge on any atom is -0.319 e. The molecule has 1 aliphatic rings. The maximum Gasteiger partial charge on any atom is 0.0117 e. The van der Waals surface area contributed by atoms with Crippen molar-refractivity contribution in [2.45, 2.75) is 32.7 Å². The van der Waals surface area contributed by atoms with Crippen LogP contribution < -0.4 is 5.32 Å². The first-order valence-corrected chi connectivity index (χ1v) is 7.08. The monoisotopic (exact) mass is 241 g/mol. The van der Waals surface area contributed by atoms with E-state index in [0.717, 1.165) is 24.4 Å². The molecule has 102 valence electrons. The fourth-order valence-corrected chi connectivity index (χ4v) is 2.73. The first-order chi connectivity index (χ1) is 8.04. The Labute approximate surface area is 108 Å². The third-order valence-electron chi connectivity index (χ3n) is 4.24. The van der Waals surface area contributed by atoms with Crippen LogP contribution in [-0.2, 0) is 0 Å². The molecule has 1 atom stereocenters. The third-order valence-corrected chi connectivity index (χ3v) is 4.24. The van der Waals surface area contributed by atoms with Crippen molar-refractivity contribution < 1.29 is 0 Å². The van der Waals surface area contributed by atoms with E-state index < -0.39 is 0 Å². The SMILES string of the molecule is CNCC(CN(C)C1CCN(C)CC1)C(C)C. The Kier molecular flexibility index (Phi) is 6.45. The van der Waals surface area contributed by atoms with Crippen molar-refractivity contribution in [2.75, 3.05) is 47.3 Å². The molecule has 0 radical (unpaired) electrons. The maximum atomic E-state index is 3.33. The fourth-order valence-electron chi connectivity index (χ4n) is 2.73. The second-order valence-corrected chi connectivity index (χ2v) is 6.04. The molecule has 0 bridgehead atoms. The normalized spacial score (nSPS) is 21.4. The lowest BCUT2D eigenvalue weighted by molar-refractivity contribution is 0.119. The van der Waals surface area contributed by atoms with E-state index in [4.69, 9.17) is 0 Å². The Hall–Kier alpha value is -0.120. The van der Waals surface area contributed by atoms with Crippen LogP contribution in [0.25, 0.3) is 0 Å². The molecular weight excluding hydrogens is 210 g/mol. The predicted octanol–water partition coefficient (Wildman–Crippen LogP) is 1.50. The summed E-state index contributed by atoms with van der Waals surface area (Å²) in [5.74, 6) is 1.53. The summed E-state index contributed by atoms with van der Waals surface area (Å²) in [5, 5.41) is 3.33. The molecule has 0 aliphatic carbocycles. The molecule has 1 unspecified atom stereocenters. The zero-order chi connectivity index (χ0) is 12.8. The Balaban J connectivity index is 2.38. The molecule has 0 spiro atoms. The summed E-state index contributed by atoms with van der Waals surface area (Å²) in [6.07, 6.45) is 2.66. The molecular formula is C14H31N3. The molecule has 3 heteroatoms. The van der Waals surface area contributed by atoms with Crippen LogP contribution in [0.4, 0.5) is 0 Å². The lowest BCUT2D eigenvalue weighted by atomic mass is 9.93. The van der Waals surface area contributed by atoms with Crippen molar-refractivity contribution >= 4 is 0 Å². The Morgan fingerprint density at radius 1 is 1.29 bits per heavy atom. The van der Waals surface area contributed by atoms with Crippen LogP contribution in [0.3, 0.4) is 0 Å². The Morgan fingerprint density at radius 2 is 1.88 bits per heavy atom. The van der Waals surface area contributed by atoms with Crippen molar-refractivity contribution in [3.63, 3.8) is 0 Å². The van der Waals surface area contributed by atoms with E-state index in [1.807, 2.05) is 0 Å². The van der Waals surface area contributed by atoms with Crippen molar-refractivity contribution in [1.82, 2.24) is 15.1 Å². The van der Waals surface area contributed by atoms with Gasteiger partial charge in [0.2, 0.25) is 0 Å². The van der Waals surface area contributed by atoms with Gasteiger partial charge < -0.3 is 15.1 Å². The van der Waals surface area contributed by atoms with E-state index in [9.17, 15) is 0 Å². The van der Waals surface area contributed by atoms with Gasteiger partial charge in [-0.1, -0.05) is 13.8 Å². The zero-order valence-electron chi connectivity index (χ0n) is 12.4. The molecule has 17 heavy (non-hydrogen) atoms. The minimum absolute atomic E-state index is 0.760. The van der Waals surface area contributed by atoms with Crippen LogP contribution in [-0.4, -0.2) is 63.2 Å². The van der Waals surface area contributed by atoms with E-state index in [1.54, 1.807) is 0 Å². The van der Waals surface area contributed by atoms with Gasteiger partial charge in [0.1, 0.15) is 0 Å². The van der Waals surface area contributed by atoms with Gasteiger partial charge in [0, 0.05) is 12.6 Å². The Bertz CT molecular complexity index is 198. The summed E-state index contributed by atoms with van der Waals surface area (Å²) < 4.78 is 0. The summed E-state index contributed by atoms with van der Waals surface area (Å²) in [7, 11) is 6.60. The van der Waals surface area contributed by atoms with Gasteiger partial charge >= 0.3 is 0 Å². The molecule has 0 aromatic rings. The van der Waals surface area contributed by atoms with Gasteiger partial charge in [-0.05, 0) is 65.5 Å². The summed E-state index contributed by atoms with van der Waals surface area (Å²) in [4.78, 5) is 5.03. The van der Waals surface area contributed by atoms with Crippen molar-refractivity contribution in [3.05, 3.63) is 0 Å². The van der Waals surface area contributed by atoms with Gasteiger partial charge in [0.25, 0.3) is 0 Å². The molecule has 0 amide bonds. The molecule has 1 N–H and O–H groups in total. The van der Waals surface area contributed by atoms with E-state index in [1.165, 1.54) is 32.5 Å². The van der Waals surface area contributed by atoms with Crippen molar-refractivity contribution in [1.29, 1.82) is 0 Å². The number of piperidine rings is 1. The molecule has 1 fully saturated rings. The lowest BCUT2D eigenvalue weighted by Crippen LogP contribution is -2.45. The third kappa shape index (κ3) is 4.94. The lowest BCUT2D eigenvalue weighted by Gasteiger charge is -2.37. The number of nitrogens with zero attached hydrogens (tertiary/aromatic N) is 2. The van der Waals surface area contributed by atoms with E-state index in [-0.39, 0.29) is 0 Å². The molecule has 3 nitrogen and oxygen atoms in total. The number of likely N-dealkylation sites (tertiary alicyclic amines) is 1. The highest BCUT2D eigenvalue weighted by Crippen LogP contribution is 2.18. The van der Waals surface area contributed by atoms with Crippen LogP contribution in [0, 0.1) is 11.8 Å². The molecule has 1 rings (SSSR count). The largest absolute Gasteiger partial charge is 0.319 e. The highest BCUT2D eigenvalue weighted by atomic mass is 15.2. The highest BCUT2D eigenvalue weighted by Gasteiger charge is 2.23. The number of nitrogens with one attached hydrogen (secondary N) is 1. The van der Waals surface area contributed by atoms with Crippen LogP contribution in [0.1, 0.15) is 26.7 Å². The van der Waals surface area contributed by atoms with Gasteiger partial charge in [-0.2, -0.15) is 0 Å². The van der Waals surface area contributed by atoms with E-state index in [0.29, 0.717) is 0 Å². The van der Waals surface area contributed by atoms with Crippen LogP contribution in [0.5, 0.6) is 0 Å². The zero-order valence-corrected chi connectivity index (χ0v) is 12.4. The molecule has 1 heterocycles. The van der Waals surface area contributed by atoms with Crippen LogP contribution >= 0.6 is 0 Å². The fraction of sp³-hybridized carbons (Fsp3) is 1.00. The molecule has 1 saturated heterocycles. The topological polar surface area (TPSA) is 18.5 Å². The van der Waals surface area contributed by atoms with E-state index >= 15 is 0 Å². The predicted molar refractivity (Wildman–Crippen MR) is 75.4 cm³/mol. The summed E-state index contributed by atoms with van der Waals surface area (Å²) in [6.45, 7) is 9.55. The Morgan fingerprint density at radius 3 is 2.35 bits per heavy atom. The van der Waals surface area contributed by atoms with Gasteiger partial charge in [0.05, 0.1) is 0 Å². The summed E-state index contributed by atoms with van der Waals surface area (Å²) in [5.41, 5.74) is 0. The van der Waals surface area contributed by atoms with E-state index in [2.05, 4.69) is 50.1 Å². The minimum atomic E-state index is 0.760. The average molecular weight is 241 g/mol. The maximum absolute atomic E-state index is 3.33. The van der Waals surface area contributed by atoms with Gasteiger partial charge in [-0.25, -0.2) is 0 Å². The van der Waals surface area contributed by atoms with Crippen LogP contribution in [0.2, 0.25) is 0 Å². The average Bonchev–Trinajstić information content (AvgIpc) is 2.29. The standard InChI is InChI=1S/C14H31N3/c1-12(2)13(10-15-3)11-17(5)14-6-8-16(4)9-7-14/h12-15H,6-11H2,1-5H3. The van der Waals surface area contributed by atoms with Crippen LogP contribution in [0.15, 0.2) is 0 Å². The highest BCUT2D eigenvalue weighted by molar-refractivity contribution is 4.79. The molecule has 0 saturated carbocycles. The quantitative estimate of drug-likeness (QED) is 0.760. The first-order valence-electron chi connectivity index (χ1n) is 7.08. The molecule has 1 aliphatic heterocycles. The van der Waals surface area contributed by atoms with Gasteiger partial charge in [-0.15, -0.1) is 0 Å². The molecule has 0 aromatic carbocycles. The smallest absolute Gasteiger partial charge is 0.0117 e. The van der Waals surface area contributed by atoms with Gasteiger partial charge in [-0.3, -0.25) is 0 Å². The van der Waals surface area contributed by atoms with Gasteiger partial charge in [0.15, 0.2) is 0 Å². The molecule has 0 aromatic heterocycles. The number of rotatable bonds is 6. The van der Waals surface area contributed by atoms with Crippen molar-refractivity contribution in [2.24, 2.45) is 11.8 Å².